The molecule has 3 N–H and O–H groups in total. The van der Waals surface area contributed by atoms with E-state index in [1.165, 1.54) is 0 Å². The number of hydrogen-bond donors (Lipinski definition) is 2. The molecule has 0 unspecified atom stereocenters. The van der Waals surface area contributed by atoms with Crippen LogP contribution in [0.25, 0.3) is 10.9 Å². The van der Waals surface area contributed by atoms with Crippen LogP contribution in [-0.2, 0) is 16.5 Å². The number of nitrogen functional groups attached to an aromatic ring is 1. The summed E-state index contributed by atoms with van der Waals surface area (Å²) in [6, 6.07) is 11.3. The highest BCUT2D eigenvalue weighted by molar-refractivity contribution is 7.85. The molecule has 0 saturated carbocycles. The first-order chi connectivity index (χ1) is 12.7. The van der Waals surface area contributed by atoms with Gasteiger partial charge in [0.05, 0.1) is 17.5 Å². The highest BCUT2D eigenvalue weighted by atomic mass is 35.5. The van der Waals surface area contributed by atoms with Crippen LogP contribution in [0.3, 0.4) is 0 Å². The van der Waals surface area contributed by atoms with E-state index >= 15 is 0 Å². The summed E-state index contributed by atoms with van der Waals surface area (Å²) in [7, 11) is -3.67. The number of nitrogens with zero attached hydrogens (tertiary/aromatic N) is 2. The lowest BCUT2D eigenvalue weighted by molar-refractivity contribution is 0.174. The third-order valence-electron chi connectivity index (χ3n) is 3.56. The maximum Gasteiger partial charge on any atom is 0.261 e. The van der Waals surface area contributed by atoms with E-state index in [9.17, 15) is 8.42 Å². The summed E-state index contributed by atoms with van der Waals surface area (Å²) in [6.45, 7) is 0.262. The molecule has 1 aliphatic rings. The summed E-state index contributed by atoms with van der Waals surface area (Å²) < 4.78 is 36.6. The zero-order valence-corrected chi connectivity index (χ0v) is 15.8. The maximum absolute atomic E-state index is 9.19. The van der Waals surface area contributed by atoms with Crippen molar-refractivity contribution in [2.24, 2.45) is 0 Å². The van der Waals surface area contributed by atoms with Gasteiger partial charge in [0.25, 0.3) is 10.1 Å². The minimum atomic E-state index is -3.67. The molecular weight excluding hydrogens is 394 g/mol. The molecule has 0 aliphatic carbocycles. The fourth-order valence-corrected chi connectivity index (χ4v) is 2.73. The molecule has 2 heterocycles. The molecular formula is C17H16ClN3O5S. The molecule has 3 aromatic rings. The van der Waals surface area contributed by atoms with Crippen molar-refractivity contribution in [3.63, 3.8) is 0 Å². The van der Waals surface area contributed by atoms with E-state index in [-0.39, 0.29) is 12.7 Å². The summed E-state index contributed by atoms with van der Waals surface area (Å²) >= 11 is 6.09. The Morgan fingerprint density at radius 1 is 1.15 bits per heavy atom. The van der Waals surface area contributed by atoms with Gasteiger partial charge < -0.3 is 15.2 Å². The molecule has 0 saturated heterocycles. The molecule has 0 atom stereocenters. The van der Waals surface area contributed by atoms with Gasteiger partial charge in [-0.1, -0.05) is 17.7 Å². The van der Waals surface area contributed by atoms with E-state index in [1.807, 2.05) is 30.3 Å². The fraction of sp³-hybridized carbons (Fsp3) is 0.176. The Labute approximate surface area is 160 Å². The van der Waals surface area contributed by atoms with Crippen molar-refractivity contribution < 1.29 is 22.4 Å². The highest BCUT2D eigenvalue weighted by Crippen LogP contribution is 2.33. The molecule has 1 aromatic heterocycles. The first kappa shape index (κ1) is 19.2. The van der Waals surface area contributed by atoms with Crippen molar-refractivity contribution in [3.05, 3.63) is 52.7 Å². The molecule has 1 aliphatic heterocycles. The van der Waals surface area contributed by atoms with Crippen molar-refractivity contribution >= 4 is 38.6 Å². The van der Waals surface area contributed by atoms with Crippen molar-refractivity contribution in [2.75, 3.05) is 18.8 Å². The first-order valence-corrected chi connectivity index (χ1v) is 9.94. The number of ether oxygens (including phenoxy) is 2. The van der Waals surface area contributed by atoms with Crippen LogP contribution in [0.4, 0.5) is 5.95 Å². The lowest BCUT2D eigenvalue weighted by Crippen LogP contribution is -2.01. The summed E-state index contributed by atoms with van der Waals surface area (Å²) in [4.78, 5) is 8.61. The Balaban J connectivity index is 0.000000376. The standard InChI is InChI=1S/C16H12ClN3O2.CH4O3S/c17-10-2-3-12-11(7-10)13(20-16(18)19-12)5-9-1-4-14-15(6-9)22-8-21-14;1-5(2,3)4/h1-4,6-7H,5,8H2,(H2,18,19,20);1H3,(H,2,3,4). The number of fused-ring (bicyclic) bond motifs is 2. The fourth-order valence-electron chi connectivity index (χ4n) is 2.56. The third-order valence-corrected chi connectivity index (χ3v) is 3.80. The van der Waals surface area contributed by atoms with E-state index in [0.29, 0.717) is 17.7 Å². The number of hydrogen-bond acceptors (Lipinski definition) is 7. The van der Waals surface area contributed by atoms with Crippen molar-refractivity contribution in [1.29, 1.82) is 0 Å². The average Bonchev–Trinajstić information content (AvgIpc) is 3.01. The van der Waals surface area contributed by atoms with Crippen LogP contribution < -0.4 is 15.2 Å². The summed E-state index contributed by atoms with van der Waals surface area (Å²) in [5, 5.41) is 1.55. The summed E-state index contributed by atoms with van der Waals surface area (Å²) in [5.41, 5.74) is 8.49. The smallest absolute Gasteiger partial charge is 0.261 e. The Hall–Kier alpha value is -2.62. The zero-order chi connectivity index (χ0) is 19.6. The molecule has 27 heavy (non-hydrogen) atoms. The molecule has 8 nitrogen and oxygen atoms in total. The molecule has 10 heteroatoms. The van der Waals surface area contributed by atoms with Gasteiger partial charge in [-0.25, -0.2) is 9.97 Å². The van der Waals surface area contributed by atoms with Crippen LogP contribution in [0, 0.1) is 0 Å². The summed E-state index contributed by atoms with van der Waals surface area (Å²) in [5.74, 6) is 1.77. The van der Waals surface area contributed by atoms with Crippen molar-refractivity contribution in [3.8, 4) is 11.5 Å². The normalized spacial score (nSPS) is 12.6. The number of halogens is 1. The third kappa shape index (κ3) is 5.19. The van der Waals surface area contributed by atoms with Crippen LogP contribution in [0.15, 0.2) is 36.4 Å². The molecule has 0 bridgehead atoms. The van der Waals surface area contributed by atoms with Gasteiger partial charge in [-0.05, 0) is 35.9 Å². The van der Waals surface area contributed by atoms with Crippen molar-refractivity contribution in [1.82, 2.24) is 9.97 Å². The SMILES string of the molecule is CS(=O)(=O)O.Nc1nc(Cc2ccc3c(c2)OCO3)c2cc(Cl)ccc2n1. The van der Waals surface area contributed by atoms with Crippen LogP contribution in [0.2, 0.25) is 5.02 Å². The Kier molecular flexibility index (Phi) is 5.36. The van der Waals surface area contributed by atoms with Crippen LogP contribution in [0.1, 0.15) is 11.3 Å². The Morgan fingerprint density at radius 2 is 1.85 bits per heavy atom. The lowest BCUT2D eigenvalue weighted by atomic mass is 10.1. The predicted octanol–water partition coefficient (Wildman–Crippen LogP) is 2.69. The number of anilines is 1. The second-order valence-corrected chi connectivity index (χ2v) is 7.69. The van der Waals surface area contributed by atoms with Gasteiger partial charge in [0.15, 0.2) is 11.5 Å². The number of benzene rings is 2. The van der Waals surface area contributed by atoms with Gasteiger partial charge in [-0.3, -0.25) is 4.55 Å². The molecule has 142 valence electrons. The molecule has 0 amide bonds. The minimum absolute atomic E-state index is 0.255. The molecule has 0 fully saturated rings. The first-order valence-electron chi connectivity index (χ1n) is 7.72. The predicted molar refractivity (Wildman–Crippen MR) is 102 cm³/mol. The van der Waals surface area contributed by atoms with Crippen LogP contribution in [-0.4, -0.2) is 36.0 Å². The highest BCUT2D eigenvalue weighted by Gasteiger charge is 2.14. The maximum atomic E-state index is 9.19. The number of nitrogens with two attached hydrogens (primary N) is 1. The van der Waals surface area contributed by atoms with Gasteiger partial charge in [-0.15, -0.1) is 0 Å². The number of aromatic nitrogens is 2. The molecule has 0 spiro atoms. The lowest BCUT2D eigenvalue weighted by Gasteiger charge is -2.08. The van der Waals surface area contributed by atoms with Gasteiger partial charge >= 0.3 is 0 Å². The van der Waals surface area contributed by atoms with E-state index in [4.69, 9.17) is 31.4 Å². The quantitative estimate of drug-likeness (QED) is 0.619. The Morgan fingerprint density at radius 3 is 2.59 bits per heavy atom. The van der Waals surface area contributed by atoms with E-state index in [1.54, 1.807) is 6.07 Å². The van der Waals surface area contributed by atoms with E-state index in [2.05, 4.69) is 9.97 Å². The average molecular weight is 410 g/mol. The number of rotatable bonds is 2. The van der Waals surface area contributed by atoms with Gasteiger partial charge in [0.2, 0.25) is 12.7 Å². The van der Waals surface area contributed by atoms with Crippen LogP contribution in [0.5, 0.6) is 11.5 Å². The second kappa shape index (κ2) is 7.55. The van der Waals surface area contributed by atoms with Crippen molar-refractivity contribution in [2.45, 2.75) is 6.42 Å². The van der Waals surface area contributed by atoms with Gasteiger partial charge in [0.1, 0.15) is 0 Å². The molecule has 2 aromatic carbocycles. The second-order valence-electron chi connectivity index (χ2n) is 5.79. The van der Waals surface area contributed by atoms with Gasteiger partial charge in [0, 0.05) is 16.8 Å². The van der Waals surface area contributed by atoms with E-state index < -0.39 is 10.1 Å². The molecule has 0 radical (unpaired) electrons. The topological polar surface area (TPSA) is 125 Å². The molecule has 4 rings (SSSR count). The zero-order valence-electron chi connectivity index (χ0n) is 14.2. The minimum Gasteiger partial charge on any atom is -0.454 e. The van der Waals surface area contributed by atoms with E-state index in [0.717, 1.165) is 33.7 Å². The van der Waals surface area contributed by atoms with Gasteiger partial charge in [-0.2, -0.15) is 8.42 Å². The Bertz CT molecular complexity index is 1100. The summed E-state index contributed by atoms with van der Waals surface area (Å²) in [6.07, 6.45) is 1.33. The van der Waals surface area contributed by atoms with Crippen LogP contribution >= 0.6 is 11.6 Å². The largest absolute Gasteiger partial charge is 0.454 e. The monoisotopic (exact) mass is 409 g/mol.